The first-order chi connectivity index (χ1) is 15.0. The molecule has 0 fully saturated rings. The zero-order valence-electron chi connectivity index (χ0n) is 17.2. The minimum absolute atomic E-state index is 0.115. The van der Waals surface area contributed by atoms with Crippen LogP contribution in [-0.2, 0) is 18.1 Å². The summed E-state index contributed by atoms with van der Waals surface area (Å²) >= 11 is 0. The molecule has 0 aliphatic carbocycles. The molecule has 0 unspecified atom stereocenters. The monoisotopic (exact) mass is 450 g/mol. The highest BCUT2D eigenvalue weighted by Gasteiger charge is 2.34. The van der Waals surface area contributed by atoms with E-state index in [1.807, 2.05) is 0 Å². The smallest absolute Gasteiger partial charge is 0.434 e. The zero-order chi connectivity index (χ0) is 23.6. The highest BCUT2D eigenvalue weighted by molar-refractivity contribution is 5.99. The van der Waals surface area contributed by atoms with E-state index in [1.54, 1.807) is 13.0 Å². The fourth-order valence-corrected chi connectivity index (χ4v) is 2.94. The number of nitrogens with zero attached hydrogens (tertiary/aromatic N) is 3. The number of carbonyl (C=O) groups is 1. The number of oxime groups is 1. The quantitative estimate of drug-likeness (QED) is 0.208. The number of imidazole rings is 1. The number of benzene rings is 2. The Hall–Kier alpha value is -3.89. The predicted octanol–water partition coefficient (Wildman–Crippen LogP) is 4.04. The number of hydrogen-bond acceptors (Lipinski definition) is 5. The summed E-state index contributed by atoms with van der Waals surface area (Å²) in [5, 5.41) is 3.55. The first-order valence-electron chi connectivity index (χ1n) is 9.11. The molecule has 0 bridgehead atoms. The largest absolute Gasteiger partial charge is 0.497 e. The molecule has 1 aromatic heterocycles. The predicted molar refractivity (Wildman–Crippen MR) is 107 cm³/mol. The first kappa shape index (κ1) is 22.8. The molecule has 0 saturated heterocycles. The number of carbonyl (C=O) groups excluding carboxylic acids is 1. The van der Waals surface area contributed by atoms with Crippen molar-refractivity contribution >= 4 is 11.8 Å². The molecule has 0 amide bonds. The van der Waals surface area contributed by atoms with E-state index in [2.05, 4.69) is 10.1 Å². The molecule has 1 heterocycles. The number of aromatic nitrogens is 2. The summed E-state index contributed by atoms with van der Waals surface area (Å²) in [6, 6.07) is 8.19. The number of amidine groups is 1. The molecule has 2 aromatic carbocycles. The van der Waals surface area contributed by atoms with Gasteiger partial charge in [0.05, 0.1) is 12.7 Å². The topological polar surface area (TPSA) is 91.7 Å². The van der Waals surface area contributed by atoms with Crippen molar-refractivity contribution in [2.45, 2.75) is 13.1 Å². The average Bonchev–Trinajstić information content (AvgIpc) is 3.13. The number of aryl methyl sites for hydroxylation is 2. The van der Waals surface area contributed by atoms with E-state index in [4.69, 9.17) is 15.3 Å². The van der Waals surface area contributed by atoms with Crippen molar-refractivity contribution in [3.63, 3.8) is 0 Å². The summed E-state index contributed by atoms with van der Waals surface area (Å²) < 4.78 is 58.8. The minimum atomic E-state index is -4.56. The molecule has 168 valence electrons. The molecule has 7 nitrogen and oxygen atoms in total. The number of ether oxygens (including phenoxy) is 1. The van der Waals surface area contributed by atoms with Crippen LogP contribution in [0.25, 0.3) is 11.4 Å². The average molecular weight is 450 g/mol. The van der Waals surface area contributed by atoms with Gasteiger partial charge >= 0.3 is 12.1 Å². The standard InChI is InChI=1S/C21H18F4N4O3/c1-11-8-12(19-27-17(10-29(19)2)21(23,24)25)4-6-14(11)18(26)28-32-20(30)15-7-5-13(31-3)9-16(15)22/h4-10H,1-3H3,(H2,26,28). The van der Waals surface area contributed by atoms with Gasteiger partial charge in [-0.05, 0) is 30.7 Å². The van der Waals surface area contributed by atoms with E-state index in [0.29, 0.717) is 16.7 Å². The summed E-state index contributed by atoms with van der Waals surface area (Å²) in [4.78, 5) is 20.5. The summed E-state index contributed by atoms with van der Waals surface area (Å²) in [7, 11) is 2.81. The van der Waals surface area contributed by atoms with Crippen LogP contribution in [0, 0.1) is 12.7 Å². The Bertz CT molecular complexity index is 1200. The van der Waals surface area contributed by atoms with Crippen LogP contribution >= 0.6 is 0 Å². The Kier molecular flexibility index (Phi) is 6.19. The lowest BCUT2D eigenvalue weighted by Crippen LogP contribution is -2.17. The van der Waals surface area contributed by atoms with E-state index >= 15 is 0 Å². The molecular formula is C21H18F4N4O3. The maximum Gasteiger partial charge on any atom is 0.434 e. The molecule has 0 spiro atoms. The summed E-state index contributed by atoms with van der Waals surface area (Å²) in [5.41, 5.74) is 5.86. The van der Waals surface area contributed by atoms with Crippen LogP contribution < -0.4 is 10.5 Å². The number of nitrogens with two attached hydrogens (primary N) is 1. The number of rotatable bonds is 5. The summed E-state index contributed by atoms with van der Waals surface area (Å²) in [5.74, 6) is -1.74. The molecule has 32 heavy (non-hydrogen) atoms. The van der Waals surface area contributed by atoms with Gasteiger partial charge in [0.15, 0.2) is 11.5 Å². The van der Waals surface area contributed by atoms with Gasteiger partial charge in [0, 0.05) is 30.4 Å². The lowest BCUT2D eigenvalue weighted by Gasteiger charge is -2.08. The third kappa shape index (κ3) is 4.71. The Morgan fingerprint density at radius 2 is 1.84 bits per heavy atom. The van der Waals surface area contributed by atoms with Gasteiger partial charge in [0.2, 0.25) is 0 Å². The van der Waals surface area contributed by atoms with E-state index in [9.17, 15) is 22.4 Å². The minimum Gasteiger partial charge on any atom is -0.497 e. The van der Waals surface area contributed by atoms with Crippen molar-refractivity contribution in [2.24, 2.45) is 17.9 Å². The number of methoxy groups -OCH3 is 1. The summed E-state index contributed by atoms with van der Waals surface area (Å²) in [6.45, 7) is 1.65. The third-order valence-electron chi connectivity index (χ3n) is 4.55. The molecule has 0 radical (unpaired) electrons. The molecule has 3 rings (SSSR count). The molecule has 0 atom stereocenters. The lowest BCUT2D eigenvalue weighted by atomic mass is 10.0. The van der Waals surface area contributed by atoms with Crippen molar-refractivity contribution in [3.8, 4) is 17.1 Å². The van der Waals surface area contributed by atoms with Gasteiger partial charge in [0.25, 0.3) is 0 Å². The molecule has 0 saturated carbocycles. The second-order valence-corrected chi connectivity index (χ2v) is 6.79. The van der Waals surface area contributed by atoms with Crippen molar-refractivity contribution in [2.75, 3.05) is 7.11 Å². The van der Waals surface area contributed by atoms with Gasteiger partial charge in [-0.1, -0.05) is 17.3 Å². The number of hydrogen-bond donors (Lipinski definition) is 1. The molecule has 3 aromatic rings. The van der Waals surface area contributed by atoms with Crippen molar-refractivity contribution in [1.82, 2.24) is 9.55 Å². The van der Waals surface area contributed by atoms with Gasteiger partial charge in [0.1, 0.15) is 17.4 Å². The lowest BCUT2D eigenvalue weighted by molar-refractivity contribution is -0.140. The SMILES string of the molecule is COc1ccc(C(=O)ON=C(N)c2ccc(-c3nc(C(F)(F)F)cn3C)cc2C)c(F)c1. The normalized spacial score (nSPS) is 12.0. The highest BCUT2D eigenvalue weighted by Crippen LogP contribution is 2.31. The van der Waals surface area contributed by atoms with Crippen LogP contribution in [0.5, 0.6) is 5.75 Å². The molecule has 0 aliphatic heterocycles. The van der Waals surface area contributed by atoms with Crippen molar-refractivity contribution in [3.05, 3.63) is 70.8 Å². The molecule has 2 N–H and O–H groups in total. The Balaban J connectivity index is 1.81. The fourth-order valence-electron chi connectivity index (χ4n) is 2.94. The van der Waals surface area contributed by atoms with Crippen LogP contribution in [0.1, 0.15) is 27.2 Å². The Morgan fingerprint density at radius 3 is 2.41 bits per heavy atom. The van der Waals surface area contributed by atoms with Crippen LogP contribution in [0.4, 0.5) is 17.6 Å². The molecular weight excluding hydrogens is 432 g/mol. The van der Waals surface area contributed by atoms with Crippen molar-refractivity contribution in [1.29, 1.82) is 0 Å². The van der Waals surface area contributed by atoms with Crippen molar-refractivity contribution < 1.29 is 31.9 Å². The van der Waals surface area contributed by atoms with Crippen LogP contribution in [0.3, 0.4) is 0 Å². The van der Waals surface area contributed by atoms with Gasteiger partial charge in [-0.2, -0.15) is 13.2 Å². The van der Waals surface area contributed by atoms with Crippen LogP contribution in [-0.4, -0.2) is 28.5 Å². The third-order valence-corrected chi connectivity index (χ3v) is 4.55. The fraction of sp³-hybridized carbons (Fsp3) is 0.190. The maximum atomic E-state index is 14.0. The Morgan fingerprint density at radius 1 is 1.16 bits per heavy atom. The number of alkyl halides is 3. The summed E-state index contributed by atoms with van der Waals surface area (Å²) in [6.07, 6.45) is -3.67. The number of halogens is 4. The van der Waals surface area contributed by atoms with Crippen LogP contribution in [0.2, 0.25) is 0 Å². The Labute approximate surface area is 180 Å². The van der Waals surface area contributed by atoms with E-state index in [-0.39, 0.29) is 23.0 Å². The van der Waals surface area contributed by atoms with Crippen LogP contribution in [0.15, 0.2) is 47.8 Å². The first-order valence-corrected chi connectivity index (χ1v) is 9.11. The molecule has 11 heteroatoms. The van der Waals surface area contributed by atoms with Gasteiger partial charge in [-0.25, -0.2) is 14.2 Å². The molecule has 0 aliphatic rings. The highest BCUT2D eigenvalue weighted by atomic mass is 19.4. The van der Waals surface area contributed by atoms with E-state index in [1.165, 1.54) is 43.0 Å². The second kappa shape index (κ2) is 8.69. The maximum absolute atomic E-state index is 14.0. The zero-order valence-corrected chi connectivity index (χ0v) is 17.2. The van der Waals surface area contributed by atoms with E-state index in [0.717, 1.165) is 12.3 Å². The second-order valence-electron chi connectivity index (χ2n) is 6.79. The van der Waals surface area contributed by atoms with Gasteiger partial charge < -0.3 is 19.9 Å². The van der Waals surface area contributed by atoms with Gasteiger partial charge in [-0.3, -0.25) is 0 Å². The van der Waals surface area contributed by atoms with Gasteiger partial charge in [-0.15, -0.1) is 0 Å². The van der Waals surface area contributed by atoms with E-state index < -0.39 is 23.7 Å².